The van der Waals surface area contributed by atoms with Gasteiger partial charge in [0.1, 0.15) is 5.75 Å². The van der Waals surface area contributed by atoms with Crippen LogP contribution < -0.4 is 10.5 Å². The maximum Gasteiger partial charge on any atom is 0.177 e. The topological polar surface area (TPSA) is 52.3 Å². The van der Waals surface area contributed by atoms with E-state index in [1.807, 2.05) is 12.1 Å². The van der Waals surface area contributed by atoms with Gasteiger partial charge >= 0.3 is 0 Å². The summed E-state index contributed by atoms with van der Waals surface area (Å²) in [5.41, 5.74) is 7.21. The molecule has 0 aliphatic carbocycles. The Labute approximate surface area is 76.5 Å². The minimum atomic E-state index is -0.364. The molecule has 2 rings (SSSR count). The first-order valence-electron chi connectivity index (χ1n) is 4.25. The quantitative estimate of drug-likeness (QED) is 0.605. The molecule has 0 spiro atoms. The molecule has 0 aromatic heterocycles. The van der Waals surface area contributed by atoms with Gasteiger partial charge in [0.25, 0.3) is 0 Å². The molecule has 0 saturated heterocycles. The molecule has 1 aromatic carbocycles. The first-order chi connectivity index (χ1) is 6.18. The summed E-state index contributed by atoms with van der Waals surface area (Å²) >= 11 is 0. The van der Waals surface area contributed by atoms with Gasteiger partial charge < -0.3 is 10.5 Å². The fourth-order valence-electron chi connectivity index (χ4n) is 1.46. The Morgan fingerprint density at radius 3 is 3.08 bits per heavy atom. The molecule has 1 aliphatic rings. The van der Waals surface area contributed by atoms with Gasteiger partial charge in [-0.1, -0.05) is 12.1 Å². The predicted octanol–water partition coefficient (Wildman–Crippen LogP) is 1.16. The lowest BCUT2D eigenvalue weighted by atomic mass is 10.0. The molecule has 68 valence electrons. The summed E-state index contributed by atoms with van der Waals surface area (Å²) in [6.07, 6.45) is 0.0684. The number of hydrogen-bond acceptors (Lipinski definition) is 3. The molecule has 2 N–H and O–H groups in total. The molecule has 1 atom stereocenters. The lowest BCUT2D eigenvalue weighted by Gasteiger charge is -2.23. The summed E-state index contributed by atoms with van der Waals surface area (Å²) in [6.45, 7) is 1.75. The highest BCUT2D eigenvalue weighted by molar-refractivity contribution is 5.88. The van der Waals surface area contributed by atoms with Crippen LogP contribution in [0.2, 0.25) is 0 Å². The molecule has 1 heterocycles. The standard InChI is InChI=1S/C10H11NO2/c1-6-9(12)5-7-3-2-4-8(11)10(7)13-6/h2-4,6H,5,11H2,1H3/t6-/m1/s1. The van der Waals surface area contributed by atoms with E-state index in [0.717, 1.165) is 5.56 Å². The van der Waals surface area contributed by atoms with Gasteiger partial charge in [-0.3, -0.25) is 4.79 Å². The number of hydrogen-bond donors (Lipinski definition) is 1. The van der Waals surface area contributed by atoms with E-state index in [2.05, 4.69) is 0 Å². The molecule has 1 aliphatic heterocycles. The number of ketones is 1. The second-order valence-electron chi connectivity index (χ2n) is 3.24. The van der Waals surface area contributed by atoms with Gasteiger partial charge in [-0.05, 0) is 13.0 Å². The molecule has 13 heavy (non-hydrogen) atoms. The average molecular weight is 177 g/mol. The molecule has 0 amide bonds. The number of fused-ring (bicyclic) bond motifs is 1. The molecule has 3 nitrogen and oxygen atoms in total. The van der Waals surface area contributed by atoms with Crippen molar-refractivity contribution in [3.05, 3.63) is 23.8 Å². The number of anilines is 1. The van der Waals surface area contributed by atoms with E-state index < -0.39 is 0 Å². The second kappa shape index (κ2) is 2.76. The zero-order valence-corrected chi connectivity index (χ0v) is 7.41. The third kappa shape index (κ3) is 1.26. The zero-order chi connectivity index (χ0) is 9.42. The van der Waals surface area contributed by atoms with E-state index in [0.29, 0.717) is 17.9 Å². The van der Waals surface area contributed by atoms with Crippen LogP contribution in [0.4, 0.5) is 5.69 Å². The summed E-state index contributed by atoms with van der Waals surface area (Å²) in [5, 5.41) is 0. The Hall–Kier alpha value is -1.51. The number of Topliss-reactive ketones (excluding diaryl/α,β-unsaturated/α-hetero) is 1. The van der Waals surface area contributed by atoms with E-state index in [1.165, 1.54) is 0 Å². The normalized spacial score (nSPS) is 20.7. The van der Waals surface area contributed by atoms with E-state index in [-0.39, 0.29) is 11.9 Å². The number of para-hydroxylation sites is 1. The number of rotatable bonds is 0. The summed E-state index contributed by atoms with van der Waals surface area (Å²) < 4.78 is 5.40. The van der Waals surface area contributed by atoms with Gasteiger partial charge in [0.2, 0.25) is 0 Å². The van der Waals surface area contributed by atoms with Crippen molar-refractivity contribution in [1.29, 1.82) is 0 Å². The Morgan fingerprint density at radius 1 is 1.54 bits per heavy atom. The van der Waals surface area contributed by atoms with Gasteiger partial charge in [0.15, 0.2) is 11.9 Å². The highest BCUT2D eigenvalue weighted by Gasteiger charge is 2.24. The number of benzene rings is 1. The van der Waals surface area contributed by atoms with Crippen molar-refractivity contribution < 1.29 is 9.53 Å². The van der Waals surface area contributed by atoms with Crippen molar-refractivity contribution in [2.75, 3.05) is 5.73 Å². The van der Waals surface area contributed by atoms with Crippen molar-refractivity contribution >= 4 is 11.5 Å². The van der Waals surface area contributed by atoms with Crippen LogP contribution in [0.3, 0.4) is 0 Å². The van der Waals surface area contributed by atoms with Crippen LogP contribution in [0, 0.1) is 0 Å². The Morgan fingerprint density at radius 2 is 2.31 bits per heavy atom. The van der Waals surface area contributed by atoms with Gasteiger partial charge in [-0.2, -0.15) is 0 Å². The Kier molecular flexibility index (Phi) is 1.72. The largest absolute Gasteiger partial charge is 0.480 e. The smallest absolute Gasteiger partial charge is 0.177 e. The summed E-state index contributed by atoms with van der Waals surface area (Å²) in [7, 11) is 0. The molecule has 0 saturated carbocycles. The first-order valence-corrected chi connectivity index (χ1v) is 4.25. The summed E-state index contributed by atoms with van der Waals surface area (Å²) in [6, 6.07) is 5.48. The number of ether oxygens (including phenoxy) is 1. The minimum Gasteiger partial charge on any atom is -0.480 e. The van der Waals surface area contributed by atoms with Crippen LogP contribution in [-0.4, -0.2) is 11.9 Å². The van der Waals surface area contributed by atoms with Gasteiger partial charge in [0.05, 0.1) is 5.69 Å². The maximum absolute atomic E-state index is 11.3. The minimum absolute atomic E-state index is 0.109. The number of carbonyl (C=O) groups is 1. The molecule has 0 fully saturated rings. The number of nitrogens with two attached hydrogens (primary N) is 1. The van der Waals surface area contributed by atoms with Crippen LogP contribution in [0.5, 0.6) is 5.75 Å². The third-order valence-corrected chi connectivity index (χ3v) is 2.24. The average Bonchev–Trinajstić information content (AvgIpc) is 2.09. The number of nitrogen functional groups attached to an aromatic ring is 1. The Bertz CT molecular complexity index is 360. The van der Waals surface area contributed by atoms with Crippen molar-refractivity contribution in [3.8, 4) is 5.75 Å². The van der Waals surface area contributed by atoms with Crippen molar-refractivity contribution in [3.63, 3.8) is 0 Å². The van der Waals surface area contributed by atoms with E-state index in [4.69, 9.17) is 10.5 Å². The van der Waals surface area contributed by atoms with Crippen molar-refractivity contribution in [1.82, 2.24) is 0 Å². The predicted molar refractivity (Wildman–Crippen MR) is 49.7 cm³/mol. The first kappa shape index (κ1) is 8.10. The lowest BCUT2D eigenvalue weighted by Crippen LogP contribution is -2.30. The molecule has 0 bridgehead atoms. The van der Waals surface area contributed by atoms with E-state index in [1.54, 1.807) is 13.0 Å². The monoisotopic (exact) mass is 177 g/mol. The fraction of sp³-hybridized carbons (Fsp3) is 0.300. The molecule has 0 unspecified atom stereocenters. The van der Waals surface area contributed by atoms with Gasteiger partial charge in [-0.25, -0.2) is 0 Å². The fourth-order valence-corrected chi connectivity index (χ4v) is 1.46. The maximum atomic E-state index is 11.3. The zero-order valence-electron chi connectivity index (χ0n) is 7.41. The highest BCUT2D eigenvalue weighted by atomic mass is 16.5. The molecular formula is C10H11NO2. The van der Waals surface area contributed by atoms with Crippen LogP contribution in [0.25, 0.3) is 0 Å². The second-order valence-corrected chi connectivity index (χ2v) is 3.24. The lowest BCUT2D eigenvalue weighted by molar-refractivity contribution is -0.125. The Balaban J connectivity index is 2.48. The molecule has 0 radical (unpaired) electrons. The van der Waals surface area contributed by atoms with Crippen molar-refractivity contribution in [2.24, 2.45) is 0 Å². The van der Waals surface area contributed by atoms with Gasteiger partial charge in [-0.15, -0.1) is 0 Å². The van der Waals surface area contributed by atoms with Crippen LogP contribution in [0.1, 0.15) is 12.5 Å². The summed E-state index contributed by atoms with van der Waals surface area (Å²) in [4.78, 5) is 11.3. The van der Waals surface area contributed by atoms with Crippen molar-refractivity contribution in [2.45, 2.75) is 19.4 Å². The molecule has 3 heteroatoms. The van der Waals surface area contributed by atoms with E-state index >= 15 is 0 Å². The van der Waals surface area contributed by atoms with Crippen LogP contribution in [0.15, 0.2) is 18.2 Å². The number of carbonyl (C=O) groups excluding carboxylic acids is 1. The van der Waals surface area contributed by atoms with Crippen LogP contribution >= 0.6 is 0 Å². The van der Waals surface area contributed by atoms with E-state index in [9.17, 15) is 4.79 Å². The third-order valence-electron chi connectivity index (χ3n) is 2.24. The SMILES string of the molecule is C[C@H]1Oc2c(N)cccc2CC1=O. The highest BCUT2D eigenvalue weighted by Crippen LogP contribution is 2.31. The summed E-state index contributed by atoms with van der Waals surface area (Å²) in [5.74, 6) is 0.785. The van der Waals surface area contributed by atoms with Gasteiger partial charge in [0, 0.05) is 12.0 Å². The molecular weight excluding hydrogens is 166 g/mol. The molecule has 1 aromatic rings. The van der Waals surface area contributed by atoms with Crippen LogP contribution in [-0.2, 0) is 11.2 Å².